The Morgan fingerprint density at radius 3 is 2.57 bits per heavy atom. The molecule has 0 amide bonds. The molecule has 1 aromatic carbocycles. The van der Waals surface area contributed by atoms with Crippen LogP contribution in [0.3, 0.4) is 0 Å². The topological polar surface area (TPSA) is 18.5 Å². The van der Waals surface area contributed by atoms with E-state index in [1.807, 2.05) is 0 Å². The molecule has 2 rings (SSSR count). The van der Waals surface area contributed by atoms with Crippen LogP contribution in [0, 0.1) is 0 Å². The molecule has 1 aliphatic rings. The summed E-state index contributed by atoms with van der Waals surface area (Å²) in [5.41, 5.74) is 2.65. The van der Waals surface area contributed by atoms with E-state index in [0.717, 1.165) is 13.1 Å². The summed E-state index contributed by atoms with van der Waals surface area (Å²) in [6.07, 6.45) is 2.53. The van der Waals surface area contributed by atoms with Gasteiger partial charge in [-0.15, -0.1) is 0 Å². The highest BCUT2D eigenvalue weighted by molar-refractivity contribution is 9.10. The molecule has 1 fully saturated rings. The predicted molar refractivity (Wildman–Crippen MR) is 95.1 cm³/mol. The van der Waals surface area contributed by atoms with Crippen LogP contribution in [0.15, 0.2) is 22.7 Å². The van der Waals surface area contributed by atoms with Crippen molar-refractivity contribution in [3.05, 3.63) is 28.2 Å². The lowest BCUT2D eigenvalue weighted by Gasteiger charge is -2.37. The maximum absolute atomic E-state index is 3.72. The second-order valence-corrected chi connectivity index (χ2v) is 6.69. The van der Waals surface area contributed by atoms with Gasteiger partial charge < -0.3 is 15.1 Å². The van der Waals surface area contributed by atoms with E-state index >= 15 is 0 Å². The summed E-state index contributed by atoms with van der Waals surface area (Å²) in [7, 11) is 2.23. The van der Waals surface area contributed by atoms with Crippen molar-refractivity contribution in [3.8, 4) is 0 Å². The second-order valence-electron chi connectivity index (χ2n) is 5.83. The number of piperidine rings is 1. The first-order chi connectivity index (χ1) is 10.2. The molecular formula is C17H28BrN3. The van der Waals surface area contributed by atoms with Gasteiger partial charge in [0.25, 0.3) is 0 Å². The molecule has 0 aromatic heterocycles. The van der Waals surface area contributed by atoms with Crippen LogP contribution in [0.2, 0.25) is 0 Å². The Kier molecular flexibility index (Phi) is 6.52. The quantitative estimate of drug-likeness (QED) is 0.844. The third-order valence-corrected chi connectivity index (χ3v) is 5.30. The van der Waals surface area contributed by atoms with E-state index in [9.17, 15) is 0 Å². The summed E-state index contributed by atoms with van der Waals surface area (Å²) in [6.45, 7) is 9.96. The van der Waals surface area contributed by atoms with Gasteiger partial charge in [0.05, 0.1) is 0 Å². The summed E-state index contributed by atoms with van der Waals surface area (Å²) in [5.74, 6) is 0. The van der Waals surface area contributed by atoms with Crippen LogP contribution in [0.5, 0.6) is 0 Å². The molecule has 1 N–H and O–H groups in total. The Bertz CT molecular complexity index is 442. The minimum atomic E-state index is 0.666. The molecule has 1 aromatic rings. The Labute approximate surface area is 137 Å². The Morgan fingerprint density at radius 2 is 2.00 bits per heavy atom. The Balaban J connectivity index is 1.99. The van der Waals surface area contributed by atoms with Crippen molar-refractivity contribution in [1.82, 2.24) is 10.2 Å². The van der Waals surface area contributed by atoms with E-state index < -0.39 is 0 Å². The zero-order valence-corrected chi connectivity index (χ0v) is 15.1. The fourth-order valence-corrected chi connectivity index (χ4v) is 3.50. The highest BCUT2D eigenvalue weighted by Crippen LogP contribution is 2.27. The van der Waals surface area contributed by atoms with Gasteiger partial charge in [0.15, 0.2) is 0 Å². The van der Waals surface area contributed by atoms with Crippen molar-refractivity contribution in [2.45, 2.75) is 39.3 Å². The second kappa shape index (κ2) is 8.16. The van der Waals surface area contributed by atoms with Gasteiger partial charge in [-0.05, 0) is 43.6 Å². The maximum atomic E-state index is 3.72. The Morgan fingerprint density at radius 1 is 1.29 bits per heavy atom. The van der Waals surface area contributed by atoms with E-state index in [1.165, 1.54) is 48.2 Å². The lowest BCUT2D eigenvalue weighted by Crippen LogP contribution is -2.43. The minimum Gasteiger partial charge on any atom is -0.371 e. The normalized spacial score (nSPS) is 17.1. The molecule has 118 valence electrons. The summed E-state index contributed by atoms with van der Waals surface area (Å²) in [5, 5.41) is 3.38. The molecule has 0 unspecified atom stereocenters. The number of hydrogen-bond acceptors (Lipinski definition) is 3. The predicted octanol–water partition coefficient (Wildman–Crippen LogP) is 3.48. The highest BCUT2D eigenvalue weighted by Gasteiger charge is 2.22. The van der Waals surface area contributed by atoms with Gasteiger partial charge in [-0.1, -0.05) is 35.8 Å². The SMILES string of the molecule is CCNCc1ccc(N(C)C2CCN(CC)CC2)cc1Br. The fraction of sp³-hybridized carbons (Fsp3) is 0.647. The molecular weight excluding hydrogens is 326 g/mol. The lowest BCUT2D eigenvalue weighted by molar-refractivity contribution is 0.221. The van der Waals surface area contributed by atoms with Crippen LogP contribution in [0.1, 0.15) is 32.3 Å². The van der Waals surface area contributed by atoms with Crippen molar-refractivity contribution in [2.75, 3.05) is 38.1 Å². The molecule has 1 heterocycles. The van der Waals surface area contributed by atoms with Crippen molar-refractivity contribution in [1.29, 1.82) is 0 Å². The van der Waals surface area contributed by atoms with Crippen molar-refractivity contribution in [2.24, 2.45) is 0 Å². The number of nitrogens with zero attached hydrogens (tertiary/aromatic N) is 2. The zero-order chi connectivity index (χ0) is 15.2. The molecule has 0 spiro atoms. The van der Waals surface area contributed by atoms with Gasteiger partial charge in [-0.25, -0.2) is 0 Å². The summed E-state index contributed by atoms with van der Waals surface area (Å²) < 4.78 is 1.21. The van der Waals surface area contributed by atoms with Crippen LogP contribution in [-0.2, 0) is 6.54 Å². The molecule has 1 saturated heterocycles. The molecule has 4 heteroatoms. The third kappa shape index (κ3) is 4.44. The van der Waals surface area contributed by atoms with Crippen LogP contribution in [0.4, 0.5) is 5.69 Å². The lowest BCUT2D eigenvalue weighted by atomic mass is 10.0. The third-order valence-electron chi connectivity index (χ3n) is 4.56. The monoisotopic (exact) mass is 353 g/mol. The Hall–Kier alpha value is -0.580. The molecule has 0 atom stereocenters. The number of likely N-dealkylation sites (tertiary alicyclic amines) is 1. The first-order valence-corrected chi connectivity index (χ1v) is 8.89. The van der Waals surface area contributed by atoms with E-state index in [1.54, 1.807) is 0 Å². The molecule has 0 aliphatic carbocycles. The largest absolute Gasteiger partial charge is 0.371 e. The fourth-order valence-electron chi connectivity index (χ4n) is 2.99. The summed E-state index contributed by atoms with van der Waals surface area (Å²) >= 11 is 3.72. The number of hydrogen-bond donors (Lipinski definition) is 1. The first kappa shape index (κ1) is 16.8. The molecule has 3 nitrogen and oxygen atoms in total. The van der Waals surface area contributed by atoms with E-state index in [-0.39, 0.29) is 0 Å². The number of nitrogens with one attached hydrogen (secondary N) is 1. The van der Waals surface area contributed by atoms with Gasteiger partial charge in [0.2, 0.25) is 0 Å². The van der Waals surface area contributed by atoms with E-state index in [0.29, 0.717) is 6.04 Å². The van der Waals surface area contributed by atoms with Gasteiger partial charge in [0, 0.05) is 42.9 Å². The number of rotatable bonds is 6. The molecule has 0 bridgehead atoms. The van der Waals surface area contributed by atoms with Crippen molar-refractivity contribution >= 4 is 21.6 Å². The van der Waals surface area contributed by atoms with Gasteiger partial charge in [0.1, 0.15) is 0 Å². The van der Waals surface area contributed by atoms with Crippen LogP contribution in [-0.4, -0.2) is 44.2 Å². The van der Waals surface area contributed by atoms with E-state index in [4.69, 9.17) is 0 Å². The summed E-state index contributed by atoms with van der Waals surface area (Å²) in [6, 6.07) is 7.42. The number of halogens is 1. The molecule has 0 radical (unpaired) electrons. The summed E-state index contributed by atoms with van der Waals surface area (Å²) in [4.78, 5) is 4.99. The zero-order valence-electron chi connectivity index (χ0n) is 13.5. The number of benzene rings is 1. The average Bonchev–Trinajstić information content (AvgIpc) is 2.53. The molecule has 0 saturated carbocycles. The minimum absolute atomic E-state index is 0.666. The molecule has 21 heavy (non-hydrogen) atoms. The van der Waals surface area contributed by atoms with Crippen molar-refractivity contribution < 1.29 is 0 Å². The maximum Gasteiger partial charge on any atom is 0.0377 e. The smallest absolute Gasteiger partial charge is 0.0377 e. The average molecular weight is 354 g/mol. The highest BCUT2D eigenvalue weighted by atomic mass is 79.9. The molecule has 1 aliphatic heterocycles. The van der Waals surface area contributed by atoms with Crippen LogP contribution >= 0.6 is 15.9 Å². The van der Waals surface area contributed by atoms with Crippen LogP contribution < -0.4 is 10.2 Å². The van der Waals surface area contributed by atoms with Crippen LogP contribution in [0.25, 0.3) is 0 Å². The van der Waals surface area contributed by atoms with Gasteiger partial charge in [-0.3, -0.25) is 0 Å². The van der Waals surface area contributed by atoms with E-state index in [2.05, 4.69) is 70.1 Å². The van der Waals surface area contributed by atoms with Gasteiger partial charge in [-0.2, -0.15) is 0 Å². The van der Waals surface area contributed by atoms with Gasteiger partial charge >= 0.3 is 0 Å². The number of anilines is 1. The van der Waals surface area contributed by atoms with Crippen molar-refractivity contribution in [3.63, 3.8) is 0 Å². The first-order valence-electron chi connectivity index (χ1n) is 8.10. The standard InChI is InChI=1S/C17H28BrN3/c1-4-19-13-14-6-7-16(12-17(14)18)20(3)15-8-10-21(5-2)11-9-15/h6-7,12,15,19H,4-5,8-11,13H2,1-3H3.